The van der Waals surface area contributed by atoms with Gasteiger partial charge in [-0.05, 0) is 25.7 Å². The van der Waals surface area contributed by atoms with Gasteiger partial charge in [0.05, 0.1) is 6.10 Å². The summed E-state index contributed by atoms with van der Waals surface area (Å²) in [7, 11) is 0. The summed E-state index contributed by atoms with van der Waals surface area (Å²) in [5, 5.41) is 26.1. The molecule has 0 aromatic rings. The van der Waals surface area contributed by atoms with Crippen LogP contribution in [-0.4, -0.2) is 40.0 Å². The highest BCUT2D eigenvalue weighted by Gasteiger charge is 2.10. The Balaban J connectivity index is 3.33. The Morgan fingerprint density at radius 2 is 1.75 bits per heavy atom. The molecule has 0 rings (SSSR count). The van der Waals surface area contributed by atoms with Gasteiger partial charge in [0.25, 0.3) is 0 Å². The molecule has 0 spiro atoms. The van der Waals surface area contributed by atoms with Crippen molar-refractivity contribution < 1.29 is 15.3 Å². The zero-order valence-corrected chi connectivity index (χ0v) is 7.87. The average Bonchev–Trinajstić information content (AvgIpc) is 2.01. The summed E-state index contributed by atoms with van der Waals surface area (Å²) in [6, 6.07) is 0. The monoisotopic (exact) mass is 196 g/mol. The summed E-state index contributed by atoms with van der Waals surface area (Å²) in [6.45, 7) is 0.158. The van der Waals surface area contributed by atoms with Crippen LogP contribution in [0.4, 0.5) is 0 Å². The molecular formula is C8H17ClO3. The predicted octanol–water partition coefficient (Wildman–Crippen LogP) is 0.500. The minimum atomic E-state index is -0.453. The Bertz CT molecular complexity index is 100. The summed E-state index contributed by atoms with van der Waals surface area (Å²) in [5.41, 5.74) is 0. The molecule has 0 heterocycles. The molecule has 2 atom stereocenters. The predicted molar refractivity (Wildman–Crippen MR) is 48.3 cm³/mol. The van der Waals surface area contributed by atoms with E-state index in [9.17, 15) is 5.11 Å². The van der Waals surface area contributed by atoms with E-state index in [1.54, 1.807) is 0 Å². The number of aliphatic hydroxyl groups is 3. The average molecular weight is 197 g/mol. The Labute approximate surface area is 78.0 Å². The standard InChI is InChI=1S/C8H17ClO3/c9-7(3-5-11)6-8(12)2-1-4-10/h7-8,10-12H,1-6H2. The number of alkyl halides is 1. The second-order valence-corrected chi connectivity index (χ2v) is 3.48. The summed E-state index contributed by atoms with van der Waals surface area (Å²) in [6.07, 6.45) is 1.72. The van der Waals surface area contributed by atoms with Crippen LogP contribution in [-0.2, 0) is 0 Å². The van der Waals surface area contributed by atoms with Crippen LogP contribution in [0.2, 0.25) is 0 Å². The van der Waals surface area contributed by atoms with Crippen molar-refractivity contribution in [1.29, 1.82) is 0 Å². The molecule has 0 saturated carbocycles. The van der Waals surface area contributed by atoms with Gasteiger partial charge in [0.15, 0.2) is 0 Å². The molecule has 74 valence electrons. The first-order chi connectivity index (χ1) is 5.70. The second-order valence-electron chi connectivity index (χ2n) is 2.86. The smallest absolute Gasteiger partial charge is 0.0555 e. The molecule has 0 aromatic carbocycles. The van der Waals surface area contributed by atoms with E-state index in [1.165, 1.54) is 0 Å². The third-order valence-electron chi connectivity index (χ3n) is 1.67. The van der Waals surface area contributed by atoms with Gasteiger partial charge in [-0.1, -0.05) is 0 Å². The molecule has 3 N–H and O–H groups in total. The minimum Gasteiger partial charge on any atom is -0.396 e. The molecule has 0 radical (unpaired) electrons. The van der Waals surface area contributed by atoms with Crippen LogP contribution in [0, 0.1) is 0 Å². The van der Waals surface area contributed by atoms with Crippen molar-refractivity contribution in [3.05, 3.63) is 0 Å². The third-order valence-corrected chi connectivity index (χ3v) is 2.06. The summed E-state index contributed by atoms with van der Waals surface area (Å²) in [4.78, 5) is 0. The molecule has 0 amide bonds. The lowest BCUT2D eigenvalue weighted by molar-refractivity contribution is 0.136. The molecule has 0 aliphatic carbocycles. The normalized spacial score (nSPS) is 16.0. The molecule has 0 aliphatic heterocycles. The van der Waals surface area contributed by atoms with Gasteiger partial charge in [-0.25, -0.2) is 0 Å². The topological polar surface area (TPSA) is 60.7 Å². The highest BCUT2D eigenvalue weighted by atomic mass is 35.5. The first-order valence-electron chi connectivity index (χ1n) is 4.24. The maximum absolute atomic E-state index is 9.30. The van der Waals surface area contributed by atoms with Crippen LogP contribution >= 0.6 is 11.6 Å². The van der Waals surface area contributed by atoms with Crippen molar-refractivity contribution in [1.82, 2.24) is 0 Å². The Hall–Kier alpha value is 0.170. The number of halogens is 1. The fourth-order valence-corrected chi connectivity index (χ4v) is 1.30. The van der Waals surface area contributed by atoms with Crippen molar-refractivity contribution in [3.8, 4) is 0 Å². The van der Waals surface area contributed by atoms with E-state index < -0.39 is 6.10 Å². The number of hydrogen-bond acceptors (Lipinski definition) is 3. The fourth-order valence-electron chi connectivity index (χ4n) is 0.998. The molecule has 0 saturated heterocycles. The number of hydrogen-bond donors (Lipinski definition) is 3. The zero-order valence-electron chi connectivity index (χ0n) is 7.12. The van der Waals surface area contributed by atoms with Crippen LogP contribution in [0.5, 0.6) is 0 Å². The van der Waals surface area contributed by atoms with Gasteiger partial charge in [-0.2, -0.15) is 0 Å². The largest absolute Gasteiger partial charge is 0.396 e. The van der Waals surface area contributed by atoms with E-state index in [-0.39, 0.29) is 18.6 Å². The molecule has 0 aliphatic rings. The van der Waals surface area contributed by atoms with Gasteiger partial charge in [0.2, 0.25) is 0 Å². The molecule has 0 fully saturated rings. The van der Waals surface area contributed by atoms with E-state index in [0.29, 0.717) is 25.7 Å². The Morgan fingerprint density at radius 3 is 2.25 bits per heavy atom. The quantitative estimate of drug-likeness (QED) is 0.520. The van der Waals surface area contributed by atoms with Crippen LogP contribution in [0.1, 0.15) is 25.7 Å². The first kappa shape index (κ1) is 12.2. The summed E-state index contributed by atoms with van der Waals surface area (Å²) < 4.78 is 0. The van der Waals surface area contributed by atoms with Crippen LogP contribution < -0.4 is 0 Å². The number of rotatable bonds is 7. The van der Waals surface area contributed by atoms with Crippen molar-refractivity contribution >= 4 is 11.6 Å². The molecule has 4 heteroatoms. The lowest BCUT2D eigenvalue weighted by Gasteiger charge is -2.13. The van der Waals surface area contributed by atoms with Crippen LogP contribution in [0.25, 0.3) is 0 Å². The van der Waals surface area contributed by atoms with Crippen molar-refractivity contribution in [3.63, 3.8) is 0 Å². The van der Waals surface area contributed by atoms with Crippen molar-refractivity contribution in [2.24, 2.45) is 0 Å². The molecule has 3 nitrogen and oxygen atoms in total. The maximum atomic E-state index is 9.30. The van der Waals surface area contributed by atoms with E-state index in [0.717, 1.165) is 0 Å². The van der Waals surface area contributed by atoms with Crippen LogP contribution in [0.15, 0.2) is 0 Å². The Morgan fingerprint density at radius 1 is 1.08 bits per heavy atom. The fraction of sp³-hybridized carbons (Fsp3) is 1.00. The van der Waals surface area contributed by atoms with Crippen molar-refractivity contribution in [2.45, 2.75) is 37.2 Å². The molecule has 12 heavy (non-hydrogen) atoms. The van der Waals surface area contributed by atoms with E-state index in [1.807, 2.05) is 0 Å². The van der Waals surface area contributed by atoms with Gasteiger partial charge in [-0.15, -0.1) is 11.6 Å². The van der Waals surface area contributed by atoms with Gasteiger partial charge in [-0.3, -0.25) is 0 Å². The van der Waals surface area contributed by atoms with Crippen LogP contribution in [0.3, 0.4) is 0 Å². The van der Waals surface area contributed by atoms with Crippen molar-refractivity contribution in [2.75, 3.05) is 13.2 Å². The third kappa shape index (κ3) is 6.85. The highest BCUT2D eigenvalue weighted by Crippen LogP contribution is 2.12. The second kappa shape index (κ2) is 7.80. The first-order valence-corrected chi connectivity index (χ1v) is 4.68. The summed E-state index contributed by atoms with van der Waals surface area (Å²) >= 11 is 5.77. The van der Waals surface area contributed by atoms with E-state index >= 15 is 0 Å². The van der Waals surface area contributed by atoms with Gasteiger partial charge in [0.1, 0.15) is 0 Å². The zero-order chi connectivity index (χ0) is 9.40. The number of aliphatic hydroxyl groups excluding tert-OH is 3. The highest BCUT2D eigenvalue weighted by molar-refractivity contribution is 6.20. The lowest BCUT2D eigenvalue weighted by atomic mass is 10.1. The SMILES string of the molecule is OCCCC(O)CC(Cl)CCO. The lowest BCUT2D eigenvalue weighted by Crippen LogP contribution is -2.15. The molecule has 0 bridgehead atoms. The molecule has 2 unspecified atom stereocenters. The molecule has 0 aromatic heterocycles. The molecular weight excluding hydrogens is 180 g/mol. The van der Waals surface area contributed by atoms with E-state index in [4.69, 9.17) is 21.8 Å². The van der Waals surface area contributed by atoms with E-state index in [2.05, 4.69) is 0 Å². The van der Waals surface area contributed by atoms with Gasteiger partial charge in [0, 0.05) is 18.6 Å². The maximum Gasteiger partial charge on any atom is 0.0555 e. The van der Waals surface area contributed by atoms with Gasteiger partial charge < -0.3 is 15.3 Å². The Kier molecular flexibility index (Phi) is 7.91. The summed E-state index contributed by atoms with van der Waals surface area (Å²) in [5.74, 6) is 0. The van der Waals surface area contributed by atoms with Gasteiger partial charge >= 0.3 is 0 Å². The minimum absolute atomic E-state index is 0.0564.